The minimum atomic E-state index is -3.65. The van der Waals surface area contributed by atoms with Crippen molar-refractivity contribution < 1.29 is 8.42 Å². The quantitative estimate of drug-likeness (QED) is 0.804. The molecule has 1 aromatic carbocycles. The summed E-state index contributed by atoms with van der Waals surface area (Å²) in [6.07, 6.45) is 3.30. The molecule has 0 amide bonds. The maximum atomic E-state index is 12.7. The first kappa shape index (κ1) is 14.6. The summed E-state index contributed by atoms with van der Waals surface area (Å²) in [7, 11) is -3.65. The number of aromatic nitrogens is 2. The number of anilines is 1. The van der Waals surface area contributed by atoms with Gasteiger partial charge in [-0.15, -0.1) is 0 Å². The lowest BCUT2D eigenvalue weighted by atomic mass is 10.2. The van der Waals surface area contributed by atoms with Crippen LogP contribution in [0.2, 0.25) is 0 Å². The molecular weight excluding hydrogens is 298 g/mol. The molecule has 114 valence electrons. The molecule has 0 aliphatic carbocycles. The number of hydrogen-bond donors (Lipinski definition) is 1. The van der Waals surface area contributed by atoms with Crippen LogP contribution < -0.4 is 4.72 Å². The molecule has 2 heterocycles. The summed E-state index contributed by atoms with van der Waals surface area (Å²) >= 11 is 0. The fourth-order valence-corrected chi connectivity index (χ4v) is 3.65. The SMILES string of the molecule is CCn1cc(S(=O)(=O)Nc2ccc(C)cc2)c2cccnc21. The Hall–Kier alpha value is -2.34. The fraction of sp³-hybridized carbons (Fsp3) is 0.188. The average molecular weight is 315 g/mol. The minimum absolute atomic E-state index is 0.248. The van der Waals surface area contributed by atoms with E-state index in [1.807, 2.05) is 30.5 Å². The van der Waals surface area contributed by atoms with Gasteiger partial charge in [-0.05, 0) is 38.1 Å². The first-order chi connectivity index (χ1) is 10.5. The summed E-state index contributed by atoms with van der Waals surface area (Å²) in [4.78, 5) is 4.52. The summed E-state index contributed by atoms with van der Waals surface area (Å²) in [6, 6.07) is 10.8. The van der Waals surface area contributed by atoms with E-state index in [-0.39, 0.29) is 4.90 Å². The van der Waals surface area contributed by atoms with Gasteiger partial charge in [-0.25, -0.2) is 13.4 Å². The average Bonchev–Trinajstić information content (AvgIpc) is 2.89. The molecule has 2 aromatic heterocycles. The van der Waals surface area contributed by atoms with Gasteiger partial charge in [-0.1, -0.05) is 17.7 Å². The van der Waals surface area contributed by atoms with Gasteiger partial charge in [0.1, 0.15) is 10.5 Å². The molecule has 0 atom stereocenters. The second-order valence-electron chi connectivity index (χ2n) is 5.13. The highest BCUT2D eigenvalue weighted by atomic mass is 32.2. The van der Waals surface area contributed by atoms with Crippen molar-refractivity contribution in [2.45, 2.75) is 25.3 Å². The lowest BCUT2D eigenvalue weighted by molar-refractivity contribution is 0.601. The molecule has 1 N–H and O–H groups in total. The van der Waals surface area contributed by atoms with Crippen LogP contribution in [0.1, 0.15) is 12.5 Å². The van der Waals surface area contributed by atoms with Crippen molar-refractivity contribution in [2.24, 2.45) is 0 Å². The summed E-state index contributed by atoms with van der Waals surface area (Å²) in [6.45, 7) is 4.57. The Bertz CT molecular complexity index is 912. The van der Waals surface area contributed by atoms with Crippen LogP contribution in [0.3, 0.4) is 0 Å². The van der Waals surface area contributed by atoms with E-state index >= 15 is 0 Å². The Morgan fingerprint density at radius 2 is 1.91 bits per heavy atom. The largest absolute Gasteiger partial charge is 0.331 e. The highest BCUT2D eigenvalue weighted by Crippen LogP contribution is 2.25. The summed E-state index contributed by atoms with van der Waals surface area (Å²) in [5, 5.41) is 0.629. The van der Waals surface area contributed by atoms with E-state index in [9.17, 15) is 8.42 Å². The van der Waals surface area contributed by atoms with E-state index in [2.05, 4.69) is 9.71 Å². The molecule has 3 aromatic rings. The van der Waals surface area contributed by atoms with Gasteiger partial charge in [-0.2, -0.15) is 0 Å². The highest BCUT2D eigenvalue weighted by Gasteiger charge is 2.21. The van der Waals surface area contributed by atoms with Crippen LogP contribution in [0.4, 0.5) is 5.69 Å². The van der Waals surface area contributed by atoms with Gasteiger partial charge < -0.3 is 4.57 Å². The molecule has 5 nitrogen and oxygen atoms in total. The van der Waals surface area contributed by atoms with Gasteiger partial charge in [0.05, 0.1) is 0 Å². The first-order valence-electron chi connectivity index (χ1n) is 7.04. The Morgan fingerprint density at radius 3 is 2.59 bits per heavy atom. The zero-order valence-electron chi connectivity index (χ0n) is 12.4. The number of pyridine rings is 1. The van der Waals surface area contributed by atoms with Crippen molar-refractivity contribution in [3.63, 3.8) is 0 Å². The van der Waals surface area contributed by atoms with Crippen LogP contribution in [-0.2, 0) is 16.6 Å². The van der Waals surface area contributed by atoms with Crippen LogP contribution >= 0.6 is 0 Å². The van der Waals surface area contributed by atoms with Gasteiger partial charge in [0.25, 0.3) is 10.0 Å². The molecular formula is C16H17N3O2S. The van der Waals surface area contributed by atoms with E-state index in [1.165, 1.54) is 0 Å². The molecule has 6 heteroatoms. The number of nitrogens with one attached hydrogen (secondary N) is 1. The molecule has 0 aliphatic rings. The Labute approximate surface area is 129 Å². The van der Waals surface area contributed by atoms with Crippen molar-refractivity contribution in [1.82, 2.24) is 9.55 Å². The van der Waals surface area contributed by atoms with Crippen LogP contribution in [0.5, 0.6) is 0 Å². The fourth-order valence-electron chi connectivity index (χ4n) is 2.38. The smallest absolute Gasteiger partial charge is 0.264 e. The van der Waals surface area contributed by atoms with Gasteiger partial charge >= 0.3 is 0 Å². The second kappa shape index (κ2) is 5.46. The van der Waals surface area contributed by atoms with Gasteiger partial charge in [0.2, 0.25) is 0 Å². The second-order valence-corrected chi connectivity index (χ2v) is 6.78. The van der Waals surface area contributed by atoms with Crippen molar-refractivity contribution in [3.8, 4) is 0 Å². The number of sulfonamides is 1. The molecule has 3 rings (SSSR count). The maximum absolute atomic E-state index is 12.7. The van der Waals surface area contributed by atoms with E-state index in [4.69, 9.17) is 0 Å². The zero-order valence-corrected chi connectivity index (χ0v) is 13.3. The van der Waals surface area contributed by atoms with E-state index in [0.717, 1.165) is 5.56 Å². The molecule has 0 saturated carbocycles. The van der Waals surface area contributed by atoms with Crippen molar-refractivity contribution >= 4 is 26.7 Å². The third-order valence-corrected chi connectivity index (χ3v) is 4.94. The molecule has 0 saturated heterocycles. The van der Waals surface area contributed by atoms with E-state index < -0.39 is 10.0 Å². The van der Waals surface area contributed by atoms with Gasteiger partial charge in [0, 0.05) is 30.0 Å². The Kier molecular flexibility index (Phi) is 3.62. The molecule has 0 spiro atoms. The van der Waals surface area contributed by atoms with Crippen LogP contribution in [0, 0.1) is 6.92 Å². The zero-order chi connectivity index (χ0) is 15.7. The number of nitrogens with zero attached hydrogens (tertiary/aromatic N) is 2. The van der Waals surface area contributed by atoms with Gasteiger partial charge in [-0.3, -0.25) is 4.72 Å². The highest BCUT2D eigenvalue weighted by molar-refractivity contribution is 7.93. The normalized spacial score (nSPS) is 11.7. The Balaban J connectivity index is 2.07. The van der Waals surface area contributed by atoms with E-state index in [1.54, 1.807) is 36.7 Å². The van der Waals surface area contributed by atoms with Crippen LogP contribution in [0.15, 0.2) is 53.7 Å². The van der Waals surface area contributed by atoms with Crippen molar-refractivity contribution in [1.29, 1.82) is 0 Å². The lowest BCUT2D eigenvalue weighted by Crippen LogP contribution is -2.12. The monoisotopic (exact) mass is 315 g/mol. The standard InChI is InChI=1S/C16H17N3O2S/c1-3-19-11-15(14-5-4-10-17-16(14)19)22(20,21)18-13-8-6-12(2)7-9-13/h4-11,18H,3H2,1-2H3. The number of hydrogen-bond acceptors (Lipinski definition) is 3. The molecule has 0 bridgehead atoms. The van der Waals surface area contributed by atoms with Crippen LogP contribution in [0.25, 0.3) is 11.0 Å². The predicted octanol–water partition coefficient (Wildman–Crippen LogP) is 3.17. The number of benzene rings is 1. The number of aryl methyl sites for hydroxylation is 2. The molecule has 0 unspecified atom stereocenters. The first-order valence-corrected chi connectivity index (χ1v) is 8.53. The van der Waals surface area contributed by atoms with Crippen molar-refractivity contribution in [3.05, 3.63) is 54.4 Å². The third kappa shape index (κ3) is 2.57. The maximum Gasteiger partial charge on any atom is 0.264 e. The predicted molar refractivity (Wildman–Crippen MR) is 87.4 cm³/mol. The summed E-state index contributed by atoms with van der Waals surface area (Å²) < 4.78 is 29.8. The topological polar surface area (TPSA) is 64.0 Å². The lowest BCUT2D eigenvalue weighted by Gasteiger charge is -2.07. The summed E-state index contributed by atoms with van der Waals surface area (Å²) in [5.41, 5.74) is 2.30. The molecule has 22 heavy (non-hydrogen) atoms. The minimum Gasteiger partial charge on any atom is -0.331 e. The molecule has 0 fully saturated rings. The van der Waals surface area contributed by atoms with Crippen molar-refractivity contribution in [2.75, 3.05) is 4.72 Å². The molecule has 0 aliphatic heterocycles. The molecule has 0 radical (unpaired) electrons. The van der Waals surface area contributed by atoms with Crippen LogP contribution in [-0.4, -0.2) is 18.0 Å². The third-order valence-electron chi connectivity index (χ3n) is 3.53. The van der Waals surface area contributed by atoms with E-state index in [0.29, 0.717) is 23.3 Å². The Morgan fingerprint density at radius 1 is 1.18 bits per heavy atom. The summed E-state index contributed by atoms with van der Waals surface area (Å²) in [5.74, 6) is 0. The van der Waals surface area contributed by atoms with Gasteiger partial charge in [0.15, 0.2) is 0 Å². The number of fused-ring (bicyclic) bond motifs is 1. The number of rotatable bonds is 4.